The molecule has 1 heterocycles. The molecule has 0 spiro atoms. The van der Waals surface area contributed by atoms with Gasteiger partial charge in [-0.15, -0.1) is 5.10 Å². The highest BCUT2D eigenvalue weighted by Gasteiger charge is 2.16. The zero-order valence-electron chi connectivity index (χ0n) is 15.1. The van der Waals surface area contributed by atoms with E-state index in [1.54, 1.807) is 16.8 Å². The highest BCUT2D eigenvalue weighted by atomic mass is 16.5. The van der Waals surface area contributed by atoms with Gasteiger partial charge in [0.15, 0.2) is 5.82 Å². The van der Waals surface area contributed by atoms with E-state index in [-0.39, 0.29) is 5.91 Å². The Bertz CT molecular complexity index is 930. The number of carbonyl (C=O) groups is 1. The largest absolute Gasteiger partial charge is 0.490 e. The third kappa shape index (κ3) is 3.97. The topological polar surface area (TPSA) is 81.9 Å². The molecule has 1 aliphatic carbocycles. The molecular weight excluding hydrogens is 342 g/mol. The number of benzene rings is 2. The molecule has 0 unspecified atom stereocenters. The van der Waals surface area contributed by atoms with Gasteiger partial charge in [0.25, 0.3) is 5.91 Å². The first-order valence-corrected chi connectivity index (χ1v) is 9.12. The van der Waals surface area contributed by atoms with Crippen LogP contribution in [0.25, 0.3) is 5.69 Å². The quantitative estimate of drug-likeness (QED) is 0.750. The predicted octanol–water partition coefficient (Wildman–Crippen LogP) is 3.54. The summed E-state index contributed by atoms with van der Waals surface area (Å²) >= 11 is 0. The van der Waals surface area contributed by atoms with Gasteiger partial charge in [-0.1, -0.05) is 6.07 Å². The average molecular weight is 363 g/mol. The van der Waals surface area contributed by atoms with Gasteiger partial charge in [-0.25, -0.2) is 0 Å². The number of ether oxygens (including phenoxy) is 1. The number of hydrogen-bond donors (Lipinski definition) is 1. The first-order valence-electron chi connectivity index (χ1n) is 9.12. The Labute approximate surface area is 157 Å². The molecule has 0 radical (unpaired) electrons. The summed E-state index contributed by atoms with van der Waals surface area (Å²) in [4.78, 5) is 12.5. The lowest BCUT2D eigenvalue weighted by molar-refractivity contribution is 0.102. The standard InChI is InChI=1S/C20H21N5O2/c1-14-22-23-24-25(14)17-6-4-5-16(13-17)21-20(26)15-9-11-19(12-10-15)27-18-7-2-3-8-18/h4-6,9-13,18H,2-3,7-8H2,1H3,(H,21,26). The van der Waals surface area contributed by atoms with Crippen molar-refractivity contribution in [2.75, 3.05) is 5.32 Å². The van der Waals surface area contributed by atoms with E-state index in [2.05, 4.69) is 20.8 Å². The van der Waals surface area contributed by atoms with E-state index in [0.29, 0.717) is 23.2 Å². The normalized spacial score (nSPS) is 14.3. The number of amides is 1. The van der Waals surface area contributed by atoms with E-state index in [1.807, 2.05) is 43.3 Å². The number of anilines is 1. The van der Waals surface area contributed by atoms with Crippen LogP contribution < -0.4 is 10.1 Å². The maximum atomic E-state index is 12.5. The zero-order valence-corrected chi connectivity index (χ0v) is 15.1. The van der Waals surface area contributed by atoms with E-state index in [4.69, 9.17) is 4.74 Å². The number of aryl methyl sites for hydroxylation is 1. The Hall–Kier alpha value is -3.22. The van der Waals surface area contributed by atoms with E-state index in [0.717, 1.165) is 24.3 Å². The highest BCUT2D eigenvalue weighted by molar-refractivity contribution is 6.04. The van der Waals surface area contributed by atoms with Crippen molar-refractivity contribution >= 4 is 11.6 Å². The molecular formula is C20H21N5O2. The van der Waals surface area contributed by atoms with Crippen LogP contribution in [0, 0.1) is 6.92 Å². The molecule has 4 rings (SSSR count). The molecule has 27 heavy (non-hydrogen) atoms. The molecule has 1 amide bonds. The van der Waals surface area contributed by atoms with Gasteiger partial charge < -0.3 is 10.1 Å². The van der Waals surface area contributed by atoms with E-state index < -0.39 is 0 Å². The Morgan fingerprint density at radius 2 is 1.93 bits per heavy atom. The average Bonchev–Trinajstić information content (AvgIpc) is 3.34. The molecule has 0 aliphatic heterocycles. The van der Waals surface area contributed by atoms with Crippen molar-refractivity contribution in [3.8, 4) is 11.4 Å². The molecule has 1 aliphatic rings. The van der Waals surface area contributed by atoms with Crippen LogP contribution in [0.4, 0.5) is 5.69 Å². The molecule has 2 aromatic carbocycles. The lowest BCUT2D eigenvalue weighted by Crippen LogP contribution is -2.13. The van der Waals surface area contributed by atoms with Gasteiger partial charge in [0.1, 0.15) is 5.75 Å². The van der Waals surface area contributed by atoms with Crippen LogP contribution in [0.5, 0.6) is 5.75 Å². The lowest BCUT2D eigenvalue weighted by atomic mass is 10.2. The van der Waals surface area contributed by atoms with Crippen LogP contribution in [0.1, 0.15) is 41.9 Å². The minimum Gasteiger partial charge on any atom is -0.490 e. The van der Waals surface area contributed by atoms with Gasteiger partial charge in [-0.05, 0) is 85.5 Å². The fourth-order valence-electron chi connectivity index (χ4n) is 3.27. The number of rotatable bonds is 5. The van der Waals surface area contributed by atoms with Crippen LogP contribution >= 0.6 is 0 Å². The summed E-state index contributed by atoms with van der Waals surface area (Å²) < 4.78 is 7.56. The molecule has 1 aromatic heterocycles. The molecule has 0 bridgehead atoms. The molecule has 1 fully saturated rings. The minimum atomic E-state index is -0.173. The fourth-order valence-corrected chi connectivity index (χ4v) is 3.27. The summed E-state index contributed by atoms with van der Waals surface area (Å²) in [5.74, 6) is 1.32. The molecule has 7 nitrogen and oxygen atoms in total. The smallest absolute Gasteiger partial charge is 0.255 e. The predicted molar refractivity (Wildman–Crippen MR) is 101 cm³/mol. The lowest BCUT2D eigenvalue weighted by Gasteiger charge is -2.13. The molecule has 1 N–H and O–H groups in total. The molecule has 0 saturated heterocycles. The number of nitrogens with one attached hydrogen (secondary N) is 1. The van der Waals surface area contributed by atoms with Gasteiger partial charge in [0.2, 0.25) is 0 Å². The first kappa shape index (κ1) is 17.2. The maximum absolute atomic E-state index is 12.5. The van der Waals surface area contributed by atoms with Crippen molar-refractivity contribution < 1.29 is 9.53 Å². The van der Waals surface area contributed by atoms with Crippen molar-refractivity contribution in [2.24, 2.45) is 0 Å². The van der Waals surface area contributed by atoms with Gasteiger partial charge in [-0.2, -0.15) is 4.68 Å². The summed E-state index contributed by atoms with van der Waals surface area (Å²) in [6, 6.07) is 14.7. The van der Waals surface area contributed by atoms with Gasteiger partial charge in [0, 0.05) is 11.3 Å². The summed E-state index contributed by atoms with van der Waals surface area (Å²) in [5.41, 5.74) is 2.05. The first-order chi connectivity index (χ1) is 13.2. The minimum absolute atomic E-state index is 0.173. The number of nitrogens with zero attached hydrogens (tertiary/aromatic N) is 4. The SMILES string of the molecule is Cc1nnnn1-c1cccc(NC(=O)c2ccc(OC3CCCC3)cc2)c1. The number of hydrogen-bond acceptors (Lipinski definition) is 5. The van der Waals surface area contributed by atoms with Gasteiger partial charge in [-0.3, -0.25) is 4.79 Å². The Morgan fingerprint density at radius 3 is 2.63 bits per heavy atom. The molecule has 138 valence electrons. The van der Waals surface area contributed by atoms with Crippen LogP contribution in [-0.4, -0.2) is 32.2 Å². The van der Waals surface area contributed by atoms with Crippen LogP contribution in [-0.2, 0) is 0 Å². The maximum Gasteiger partial charge on any atom is 0.255 e. The summed E-state index contributed by atoms with van der Waals surface area (Å²) in [7, 11) is 0. The molecule has 0 atom stereocenters. The van der Waals surface area contributed by atoms with Crippen molar-refractivity contribution in [3.63, 3.8) is 0 Å². The summed E-state index contributed by atoms with van der Waals surface area (Å²) in [6.45, 7) is 1.82. The van der Waals surface area contributed by atoms with E-state index >= 15 is 0 Å². The third-order valence-corrected chi connectivity index (χ3v) is 4.70. The van der Waals surface area contributed by atoms with Gasteiger partial charge >= 0.3 is 0 Å². The van der Waals surface area contributed by atoms with Crippen molar-refractivity contribution in [1.29, 1.82) is 0 Å². The van der Waals surface area contributed by atoms with Gasteiger partial charge in [0.05, 0.1) is 11.8 Å². The second-order valence-corrected chi connectivity index (χ2v) is 6.69. The van der Waals surface area contributed by atoms with Crippen molar-refractivity contribution in [3.05, 3.63) is 59.9 Å². The molecule has 3 aromatic rings. The second-order valence-electron chi connectivity index (χ2n) is 6.69. The number of tetrazole rings is 1. The summed E-state index contributed by atoms with van der Waals surface area (Å²) in [5, 5.41) is 14.4. The fraction of sp³-hybridized carbons (Fsp3) is 0.300. The monoisotopic (exact) mass is 363 g/mol. The van der Waals surface area contributed by atoms with Crippen LogP contribution in [0.15, 0.2) is 48.5 Å². The van der Waals surface area contributed by atoms with E-state index in [9.17, 15) is 4.79 Å². The Kier molecular flexibility index (Phi) is 4.82. The third-order valence-electron chi connectivity index (χ3n) is 4.70. The van der Waals surface area contributed by atoms with Crippen molar-refractivity contribution in [2.45, 2.75) is 38.7 Å². The zero-order chi connectivity index (χ0) is 18.6. The van der Waals surface area contributed by atoms with Crippen LogP contribution in [0.3, 0.4) is 0 Å². The molecule has 7 heteroatoms. The Morgan fingerprint density at radius 1 is 1.15 bits per heavy atom. The van der Waals surface area contributed by atoms with E-state index in [1.165, 1.54) is 12.8 Å². The number of aromatic nitrogens is 4. The number of carbonyl (C=O) groups excluding carboxylic acids is 1. The summed E-state index contributed by atoms with van der Waals surface area (Å²) in [6.07, 6.45) is 4.99. The molecule has 1 saturated carbocycles. The second kappa shape index (κ2) is 7.57. The highest BCUT2D eigenvalue weighted by Crippen LogP contribution is 2.24. The van der Waals surface area contributed by atoms with Crippen molar-refractivity contribution in [1.82, 2.24) is 20.2 Å². The van der Waals surface area contributed by atoms with Crippen LogP contribution in [0.2, 0.25) is 0 Å². The Balaban J connectivity index is 1.43.